The van der Waals surface area contributed by atoms with Crippen LogP contribution in [0.3, 0.4) is 0 Å². The molecule has 0 saturated carbocycles. The van der Waals surface area contributed by atoms with Crippen LogP contribution in [0.4, 0.5) is 28.9 Å². The molecule has 114 valence electrons. The Morgan fingerprint density at radius 2 is 2.00 bits per heavy atom. The van der Waals surface area contributed by atoms with Gasteiger partial charge < -0.3 is 0 Å². The highest BCUT2D eigenvalue weighted by Gasteiger charge is 2.51. The molecule has 0 N–H and O–H groups in total. The molecular formula is C11H7BrF4N2O3. The molecule has 0 radical (unpaired) electrons. The van der Waals surface area contributed by atoms with Gasteiger partial charge in [0.1, 0.15) is 11.7 Å². The highest BCUT2D eigenvalue weighted by molar-refractivity contribution is 9.10. The van der Waals surface area contributed by atoms with Gasteiger partial charge in [0.25, 0.3) is 0 Å². The largest absolute Gasteiger partial charge is 0.409 e. The minimum absolute atomic E-state index is 0.00113. The molecule has 5 nitrogen and oxygen atoms in total. The second-order valence-electron chi connectivity index (χ2n) is 4.37. The van der Waals surface area contributed by atoms with Crippen LogP contribution in [0.1, 0.15) is 12.8 Å². The van der Waals surface area contributed by atoms with Gasteiger partial charge >= 0.3 is 11.9 Å². The zero-order valence-corrected chi connectivity index (χ0v) is 11.7. The second kappa shape index (κ2) is 5.24. The smallest absolute Gasteiger partial charge is 0.294 e. The van der Waals surface area contributed by atoms with Gasteiger partial charge in [0.15, 0.2) is 0 Å². The molecule has 0 aromatic heterocycles. The second-order valence-corrected chi connectivity index (χ2v) is 5.29. The molecule has 1 heterocycles. The van der Waals surface area contributed by atoms with Gasteiger partial charge in [-0.2, -0.15) is 17.6 Å². The van der Waals surface area contributed by atoms with Crippen LogP contribution < -0.4 is 4.90 Å². The van der Waals surface area contributed by atoms with Crippen LogP contribution in [0, 0.1) is 15.9 Å². The molecule has 0 spiro atoms. The van der Waals surface area contributed by atoms with Crippen molar-refractivity contribution in [3.05, 3.63) is 32.5 Å². The van der Waals surface area contributed by atoms with Gasteiger partial charge in [-0.25, -0.2) is 0 Å². The van der Waals surface area contributed by atoms with E-state index < -0.39 is 53.1 Å². The van der Waals surface area contributed by atoms with Gasteiger partial charge in [-0.05, 0) is 18.6 Å². The van der Waals surface area contributed by atoms with E-state index in [2.05, 4.69) is 15.9 Å². The van der Waals surface area contributed by atoms with Crippen molar-refractivity contribution < 1.29 is 27.3 Å². The van der Waals surface area contributed by atoms with Crippen LogP contribution in [0.2, 0.25) is 0 Å². The Morgan fingerprint density at radius 3 is 2.52 bits per heavy atom. The zero-order valence-electron chi connectivity index (χ0n) is 10.2. The maximum absolute atomic E-state index is 13.7. The first kappa shape index (κ1) is 15.7. The molecule has 0 bridgehead atoms. The summed E-state index contributed by atoms with van der Waals surface area (Å²) in [6.45, 7) is 0. The summed E-state index contributed by atoms with van der Waals surface area (Å²) in [5, 5.41) is 10.9. The van der Waals surface area contributed by atoms with Crippen molar-refractivity contribution in [1.82, 2.24) is 0 Å². The molecule has 1 aromatic carbocycles. The molecular weight excluding hydrogens is 364 g/mol. The molecule has 10 heteroatoms. The van der Waals surface area contributed by atoms with Gasteiger partial charge in [0, 0.05) is 10.9 Å². The Morgan fingerprint density at radius 1 is 1.38 bits per heavy atom. The SMILES string of the molecule is O=C1CC[C@@H](C(F)(F)F)N1c1cc(Br)cc(F)c1[N+](=O)[O-]. The minimum atomic E-state index is -4.75. The molecule has 1 saturated heterocycles. The van der Waals surface area contributed by atoms with E-state index >= 15 is 0 Å². The maximum Gasteiger partial charge on any atom is 0.409 e. The van der Waals surface area contributed by atoms with Gasteiger partial charge in [-0.3, -0.25) is 19.8 Å². The summed E-state index contributed by atoms with van der Waals surface area (Å²) in [6, 6.07) is -0.508. The number of alkyl halides is 3. The van der Waals surface area contributed by atoms with E-state index in [0.29, 0.717) is 0 Å². The lowest BCUT2D eigenvalue weighted by atomic mass is 10.2. The van der Waals surface area contributed by atoms with Crippen LogP contribution in [0.15, 0.2) is 16.6 Å². The number of nitro benzene ring substituents is 1. The zero-order chi connectivity index (χ0) is 15.9. The van der Waals surface area contributed by atoms with Crippen LogP contribution in [-0.2, 0) is 4.79 Å². The predicted molar refractivity (Wildman–Crippen MR) is 67.3 cm³/mol. The number of halogens is 5. The predicted octanol–water partition coefficient (Wildman–Crippen LogP) is 3.55. The molecule has 1 aliphatic heterocycles. The van der Waals surface area contributed by atoms with Crippen molar-refractivity contribution >= 4 is 33.2 Å². The fourth-order valence-corrected chi connectivity index (χ4v) is 2.63. The Labute approximate surface area is 123 Å². The molecule has 1 amide bonds. The maximum atomic E-state index is 13.7. The molecule has 21 heavy (non-hydrogen) atoms. The number of rotatable bonds is 2. The average molecular weight is 371 g/mol. The average Bonchev–Trinajstić information content (AvgIpc) is 2.68. The standard InChI is InChI=1S/C11H7BrF4N2O3/c12-5-3-6(13)10(18(20)21)7(4-5)17-8(11(14,15)16)1-2-9(17)19/h3-4,8H,1-2H2/t8-/m0/s1. The van der Waals surface area contributed by atoms with E-state index in [0.717, 1.165) is 12.1 Å². The number of nitrogens with zero attached hydrogens (tertiary/aromatic N) is 2. The third-order valence-electron chi connectivity index (χ3n) is 3.04. The number of anilines is 1. The number of amides is 1. The molecule has 1 aromatic rings. The first-order valence-corrected chi connectivity index (χ1v) is 6.44. The van der Waals surface area contributed by atoms with E-state index in [9.17, 15) is 32.5 Å². The summed E-state index contributed by atoms with van der Waals surface area (Å²) < 4.78 is 52.5. The molecule has 1 fully saturated rings. The highest BCUT2D eigenvalue weighted by Crippen LogP contribution is 2.42. The highest BCUT2D eigenvalue weighted by atomic mass is 79.9. The van der Waals surface area contributed by atoms with Crippen molar-refractivity contribution in [3.63, 3.8) is 0 Å². The molecule has 2 rings (SSSR count). The van der Waals surface area contributed by atoms with Crippen LogP contribution >= 0.6 is 15.9 Å². The van der Waals surface area contributed by atoms with Crippen LogP contribution in [0.5, 0.6) is 0 Å². The fraction of sp³-hybridized carbons (Fsp3) is 0.364. The minimum Gasteiger partial charge on any atom is -0.294 e. The molecule has 0 unspecified atom stereocenters. The molecule has 1 atom stereocenters. The molecule has 0 aliphatic carbocycles. The first-order valence-electron chi connectivity index (χ1n) is 5.65. The Kier molecular flexibility index (Phi) is 3.91. The van der Waals surface area contributed by atoms with Crippen LogP contribution in [-0.4, -0.2) is 23.0 Å². The number of hydrogen-bond donors (Lipinski definition) is 0. The summed E-state index contributed by atoms with van der Waals surface area (Å²) >= 11 is 2.85. The number of carbonyl (C=O) groups excluding carboxylic acids is 1. The van der Waals surface area contributed by atoms with Crippen molar-refractivity contribution in [2.45, 2.75) is 25.1 Å². The first-order chi connectivity index (χ1) is 9.62. The third-order valence-corrected chi connectivity index (χ3v) is 3.50. The number of carbonyl (C=O) groups is 1. The lowest BCUT2D eigenvalue weighted by molar-refractivity contribution is -0.386. The van der Waals surface area contributed by atoms with Crippen molar-refractivity contribution in [1.29, 1.82) is 0 Å². The fourth-order valence-electron chi connectivity index (χ4n) is 2.21. The summed E-state index contributed by atoms with van der Waals surface area (Å²) in [5.41, 5.74) is -1.85. The van der Waals surface area contributed by atoms with Gasteiger partial charge in [-0.15, -0.1) is 0 Å². The quantitative estimate of drug-likeness (QED) is 0.454. The van der Waals surface area contributed by atoms with Crippen molar-refractivity contribution in [3.8, 4) is 0 Å². The van der Waals surface area contributed by atoms with Crippen LogP contribution in [0.25, 0.3) is 0 Å². The Balaban J connectivity index is 2.64. The van der Waals surface area contributed by atoms with Gasteiger partial charge in [0.05, 0.1) is 4.92 Å². The third kappa shape index (κ3) is 2.85. The van der Waals surface area contributed by atoms with Crippen molar-refractivity contribution in [2.75, 3.05) is 4.90 Å². The number of hydrogen-bond acceptors (Lipinski definition) is 3. The Bertz CT molecular complexity index is 620. The summed E-state index contributed by atoms with van der Waals surface area (Å²) in [7, 11) is 0. The summed E-state index contributed by atoms with van der Waals surface area (Å²) in [4.78, 5) is 21.7. The lowest BCUT2D eigenvalue weighted by Crippen LogP contribution is -2.43. The van der Waals surface area contributed by atoms with Crippen molar-refractivity contribution in [2.24, 2.45) is 0 Å². The Hall–Kier alpha value is -1.71. The number of benzene rings is 1. The van der Waals surface area contributed by atoms with E-state index in [4.69, 9.17) is 0 Å². The van der Waals surface area contributed by atoms with Gasteiger partial charge in [0.2, 0.25) is 11.7 Å². The summed E-state index contributed by atoms with van der Waals surface area (Å²) in [5.74, 6) is -2.25. The lowest BCUT2D eigenvalue weighted by Gasteiger charge is -2.26. The van der Waals surface area contributed by atoms with E-state index in [1.165, 1.54) is 0 Å². The van der Waals surface area contributed by atoms with E-state index in [-0.39, 0.29) is 9.37 Å². The normalized spacial score (nSPS) is 19.2. The topological polar surface area (TPSA) is 63.5 Å². The monoisotopic (exact) mass is 370 g/mol. The van der Waals surface area contributed by atoms with E-state index in [1.807, 2.05) is 0 Å². The van der Waals surface area contributed by atoms with E-state index in [1.54, 1.807) is 0 Å². The molecule has 1 aliphatic rings. The van der Waals surface area contributed by atoms with Gasteiger partial charge in [-0.1, -0.05) is 15.9 Å². The number of nitro groups is 1. The summed E-state index contributed by atoms with van der Waals surface area (Å²) in [6.07, 6.45) is -5.68.